The summed E-state index contributed by atoms with van der Waals surface area (Å²) in [6.07, 6.45) is 3.37. The largest absolute Gasteiger partial charge is 0.379 e. The zero-order chi connectivity index (χ0) is 21.7. The number of carbonyl (C=O) groups is 2. The van der Waals surface area contributed by atoms with Crippen LogP contribution in [0.3, 0.4) is 0 Å². The number of hydrogen-bond acceptors (Lipinski definition) is 5. The average Bonchev–Trinajstić information content (AvgIpc) is 3.09. The first-order valence-corrected chi connectivity index (χ1v) is 10.8. The van der Waals surface area contributed by atoms with Crippen LogP contribution in [0.15, 0.2) is 18.3 Å². The lowest BCUT2D eigenvalue weighted by Gasteiger charge is -2.26. The lowest BCUT2D eigenvalue weighted by atomic mass is 10.0. The zero-order valence-corrected chi connectivity index (χ0v) is 18.5. The van der Waals surface area contributed by atoms with E-state index in [-0.39, 0.29) is 17.7 Å². The van der Waals surface area contributed by atoms with Gasteiger partial charge in [0.25, 0.3) is 5.91 Å². The number of fused-ring (bicyclic) bond motifs is 1. The smallest absolute Gasteiger partial charge is 0.252 e. The highest BCUT2D eigenvalue weighted by molar-refractivity contribution is 5.96. The van der Waals surface area contributed by atoms with Crippen molar-refractivity contribution in [3.63, 3.8) is 0 Å². The molecule has 1 saturated heterocycles. The molecule has 8 nitrogen and oxygen atoms in total. The van der Waals surface area contributed by atoms with Crippen LogP contribution in [0.2, 0.25) is 0 Å². The van der Waals surface area contributed by atoms with E-state index < -0.39 is 0 Å². The standard InChI is InChI=1S/C22H33N5O3/c1-5-17(6-2)22(29)25(4)21-16(3)24-19-8-7-18(15-27(19)21)20(28)23-9-10-26-11-13-30-14-12-26/h7-8,15,17H,5-6,9-14H2,1-4H3,(H,23,28). The SMILES string of the molecule is CCC(CC)C(=O)N(C)c1c(C)nc2ccc(C(=O)NCCN3CCOCC3)cn12. The molecule has 2 amide bonds. The van der Waals surface area contributed by atoms with Crippen LogP contribution in [0, 0.1) is 12.8 Å². The van der Waals surface area contributed by atoms with Gasteiger partial charge in [-0.25, -0.2) is 4.98 Å². The molecular formula is C22H33N5O3. The normalized spacial score (nSPS) is 15.0. The molecule has 2 aromatic rings. The second kappa shape index (κ2) is 10.0. The van der Waals surface area contributed by atoms with Crippen molar-refractivity contribution in [3.05, 3.63) is 29.6 Å². The van der Waals surface area contributed by atoms with Crippen LogP contribution in [0.4, 0.5) is 5.82 Å². The predicted molar refractivity (Wildman–Crippen MR) is 117 cm³/mol. The summed E-state index contributed by atoms with van der Waals surface area (Å²) in [7, 11) is 1.78. The molecule has 0 spiro atoms. The Morgan fingerprint density at radius 3 is 2.60 bits per heavy atom. The van der Waals surface area contributed by atoms with Gasteiger partial charge in [0.1, 0.15) is 11.5 Å². The van der Waals surface area contributed by atoms with Crippen molar-refractivity contribution in [1.82, 2.24) is 19.6 Å². The number of imidazole rings is 1. The molecule has 164 valence electrons. The van der Waals surface area contributed by atoms with Gasteiger partial charge in [-0.05, 0) is 31.9 Å². The molecule has 8 heteroatoms. The van der Waals surface area contributed by atoms with E-state index >= 15 is 0 Å². The number of aromatic nitrogens is 2. The van der Waals surface area contributed by atoms with E-state index in [4.69, 9.17) is 4.74 Å². The molecule has 0 saturated carbocycles. The summed E-state index contributed by atoms with van der Waals surface area (Å²) < 4.78 is 7.19. The summed E-state index contributed by atoms with van der Waals surface area (Å²) >= 11 is 0. The van der Waals surface area contributed by atoms with Crippen molar-refractivity contribution in [1.29, 1.82) is 0 Å². The van der Waals surface area contributed by atoms with E-state index in [0.717, 1.165) is 57.0 Å². The maximum atomic E-state index is 12.9. The van der Waals surface area contributed by atoms with Gasteiger partial charge in [-0.1, -0.05) is 13.8 Å². The Morgan fingerprint density at radius 1 is 1.23 bits per heavy atom. The van der Waals surface area contributed by atoms with Crippen LogP contribution < -0.4 is 10.2 Å². The van der Waals surface area contributed by atoms with Crippen LogP contribution in [-0.4, -0.2) is 72.5 Å². The molecule has 30 heavy (non-hydrogen) atoms. The monoisotopic (exact) mass is 415 g/mol. The van der Waals surface area contributed by atoms with Crippen LogP contribution in [0.25, 0.3) is 5.65 Å². The second-order valence-corrected chi connectivity index (χ2v) is 7.79. The molecular weight excluding hydrogens is 382 g/mol. The number of ether oxygens (including phenoxy) is 1. The highest BCUT2D eigenvalue weighted by Crippen LogP contribution is 2.24. The Bertz CT molecular complexity index is 884. The average molecular weight is 416 g/mol. The number of amides is 2. The summed E-state index contributed by atoms with van der Waals surface area (Å²) in [6, 6.07) is 3.60. The molecule has 1 fully saturated rings. The number of aryl methyl sites for hydroxylation is 1. The van der Waals surface area contributed by atoms with Gasteiger partial charge in [0, 0.05) is 45.3 Å². The minimum Gasteiger partial charge on any atom is -0.379 e. The molecule has 2 aromatic heterocycles. The summed E-state index contributed by atoms with van der Waals surface area (Å²) in [6.45, 7) is 10.6. The first-order valence-electron chi connectivity index (χ1n) is 10.8. The molecule has 0 aromatic carbocycles. The molecule has 3 heterocycles. The van der Waals surface area contributed by atoms with Crippen LogP contribution in [0.1, 0.15) is 42.7 Å². The van der Waals surface area contributed by atoms with E-state index in [1.807, 2.05) is 31.2 Å². The van der Waals surface area contributed by atoms with Crippen LogP contribution >= 0.6 is 0 Å². The van der Waals surface area contributed by atoms with Gasteiger partial charge in [0.05, 0.1) is 24.5 Å². The van der Waals surface area contributed by atoms with Crippen molar-refractivity contribution in [2.45, 2.75) is 33.6 Å². The van der Waals surface area contributed by atoms with Gasteiger partial charge < -0.3 is 10.1 Å². The van der Waals surface area contributed by atoms with E-state index in [1.54, 1.807) is 24.2 Å². The molecule has 1 N–H and O–H groups in total. The fraction of sp³-hybridized carbons (Fsp3) is 0.591. The third kappa shape index (κ3) is 4.82. The van der Waals surface area contributed by atoms with Gasteiger partial charge in [-0.3, -0.25) is 23.8 Å². The first-order chi connectivity index (χ1) is 14.5. The number of pyridine rings is 1. The quantitative estimate of drug-likeness (QED) is 0.714. The third-order valence-corrected chi connectivity index (χ3v) is 5.82. The van der Waals surface area contributed by atoms with E-state index in [2.05, 4.69) is 15.2 Å². The van der Waals surface area contributed by atoms with Gasteiger partial charge in [0.2, 0.25) is 5.91 Å². The fourth-order valence-electron chi connectivity index (χ4n) is 3.96. The fourth-order valence-corrected chi connectivity index (χ4v) is 3.96. The Kier molecular flexibility index (Phi) is 7.44. The summed E-state index contributed by atoms with van der Waals surface area (Å²) in [5, 5.41) is 2.99. The molecule has 0 aliphatic carbocycles. The summed E-state index contributed by atoms with van der Waals surface area (Å²) in [5.74, 6) is 0.637. The van der Waals surface area contributed by atoms with Gasteiger partial charge >= 0.3 is 0 Å². The molecule has 0 unspecified atom stereocenters. The van der Waals surface area contributed by atoms with Crippen molar-refractivity contribution in [2.24, 2.45) is 5.92 Å². The Labute approximate surface area is 178 Å². The lowest BCUT2D eigenvalue weighted by molar-refractivity contribution is -0.122. The lowest BCUT2D eigenvalue weighted by Crippen LogP contribution is -2.41. The summed E-state index contributed by atoms with van der Waals surface area (Å²) in [4.78, 5) is 34.1. The van der Waals surface area contributed by atoms with Crippen LogP contribution in [0.5, 0.6) is 0 Å². The molecule has 1 aliphatic rings. The van der Waals surface area contributed by atoms with Crippen molar-refractivity contribution in [2.75, 3.05) is 51.3 Å². The molecule has 3 rings (SSSR count). The number of hydrogen-bond donors (Lipinski definition) is 1. The highest BCUT2D eigenvalue weighted by atomic mass is 16.5. The second-order valence-electron chi connectivity index (χ2n) is 7.79. The van der Waals surface area contributed by atoms with E-state index in [9.17, 15) is 9.59 Å². The first kappa shape index (κ1) is 22.2. The maximum Gasteiger partial charge on any atom is 0.252 e. The third-order valence-electron chi connectivity index (χ3n) is 5.82. The number of morpholine rings is 1. The van der Waals surface area contributed by atoms with E-state index in [1.165, 1.54) is 0 Å². The Balaban J connectivity index is 1.75. The van der Waals surface area contributed by atoms with Crippen molar-refractivity contribution >= 4 is 23.3 Å². The number of nitrogens with one attached hydrogen (secondary N) is 1. The highest BCUT2D eigenvalue weighted by Gasteiger charge is 2.24. The molecule has 0 atom stereocenters. The minimum absolute atomic E-state index is 0.0216. The van der Waals surface area contributed by atoms with E-state index in [0.29, 0.717) is 17.9 Å². The van der Waals surface area contributed by atoms with Crippen LogP contribution in [-0.2, 0) is 9.53 Å². The Morgan fingerprint density at radius 2 is 1.93 bits per heavy atom. The summed E-state index contributed by atoms with van der Waals surface area (Å²) in [5.41, 5.74) is 2.03. The van der Waals surface area contributed by atoms with Crippen molar-refractivity contribution in [3.8, 4) is 0 Å². The van der Waals surface area contributed by atoms with Gasteiger partial charge in [-0.15, -0.1) is 0 Å². The van der Waals surface area contributed by atoms with Crippen molar-refractivity contribution < 1.29 is 14.3 Å². The molecule has 0 bridgehead atoms. The maximum absolute atomic E-state index is 12.9. The topological polar surface area (TPSA) is 79.2 Å². The Hall–Kier alpha value is -2.45. The molecule has 1 aliphatic heterocycles. The zero-order valence-electron chi connectivity index (χ0n) is 18.5. The predicted octanol–water partition coefficient (Wildman–Crippen LogP) is 2.10. The minimum atomic E-state index is -0.128. The number of nitrogens with zero attached hydrogens (tertiary/aromatic N) is 4. The van der Waals surface area contributed by atoms with Gasteiger partial charge in [-0.2, -0.15) is 0 Å². The number of anilines is 1. The van der Waals surface area contributed by atoms with Gasteiger partial charge in [0.15, 0.2) is 0 Å². The number of carbonyl (C=O) groups excluding carboxylic acids is 2. The molecule has 0 radical (unpaired) electrons. The number of rotatable bonds is 8.